The molecule has 176 valence electrons. The smallest absolute Gasteiger partial charge is 0.334 e. The molecule has 33 heavy (non-hydrogen) atoms. The van der Waals surface area contributed by atoms with Gasteiger partial charge in [-0.1, -0.05) is 50.6 Å². The second-order valence-corrected chi connectivity index (χ2v) is 8.71. The van der Waals surface area contributed by atoms with Crippen LogP contribution in [-0.2, 0) is 22.7 Å². The average molecular weight is 454 g/mol. The summed E-state index contributed by atoms with van der Waals surface area (Å²) in [5, 5.41) is 6.17. The predicted octanol–water partition coefficient (Wildman–Crippen LogP) is 2.26. The second kappa shape index (κ2) is 9.66. The monoisotopic (exact) mass is 453 g/mol. The van der Waals surface area contributed by atoms with Crippen molar-refractivity contribution in [2.24, 2.45) is 5.92 Å². The van der Waals surface area contributed by atoms with E-state index in [2.05, 4.69) is 5.32 Å². The number of hydrazine groups is 1. The second-order valence-electron chi connectivity index (χ2n) is 8.71. The van der Waals surface area contributed by atoms with Gasteiger partial charge < -0.3 is 19.5 Å². The SMILES string of the molecule is CCC(C)[C@H]1C(=O)N(Cc2ccco2)C[C@H]2N1C(=O)CN(C)N2C(=O)NCc1ccccc1. The molecule has 9 heteroatoms. The summed E-state index contributed by atoms with van der Waals surface area (Å²) in [7, 11) is 1.73. The van der Waals surface area contributed by atoms with Crippen molar-refractivity contribution in [3.8, 4) is 0 Å². The van der Waals surface area contributed by atoms with Crippen LogP contribution in [0.1, 0.15) is 31.6 Å². The van der Waals surface area contributed by atoms with Gasteiger partial charge in [0.25, 0.3) is 0 Å². The molecule has 4 rings (SSSR count). The third-order valence-corrected chi connectivity index (χ3v) is 6.48. The van der Waals surface area contributed by atoms with Crippen molar-refractivity contribution < 1.29 is 18.8 Å². The van der Waals surface area contributed by atoms with Gasteiger partial charge in [-0.2, -0.15) is 0 Å². The lowest BCUT2D eigenvalue weighted by atomic mass is 9.92. The third-order valence-electron chi connectivity index (χ3n) is 6.48. The molecular weight excluding hydrogens is 422 g/mol. The molecule has 1 unspecified atom stereocenters. The summed E-state index contributed by atoms with van der Waals surface area (Å²) < 4.78 is 5.47. The molecule has 0 bridgehead atoms. The summed E-state index contributed by atoms with van der Waals surface area (Å²) in [5.74, 6) is 0.349. The first-order valence-electron chi connectivity index (χ1n) is 11.3. The van der Waals surface area contributed by atoms with Gasteiger partial charge in [0.1, 0.15) is 18.0 Å². The molecule has 1 N–H and O–H groups in total. The minimum absolute atomic E-state index is 0.0354. The van der Waals surface area contributed by atoms with Crippen LogP contribution in [0.2, 0.25) is 0 Å². The number of carbonyl (C=O) groups is 3. The summed E-state index contributed by atoms with van der Waals surface area (Å²) in [4.78, 5) is 43.2. The molecule has 1 aromatic heterocycles. The zero-order valence-electron chi connectivity index (χ0n) is 19.3. The average Bonchev–Trinajstić information content (AvgIpc) is 3.32. The van der Waals surface area contributed by atoms with Gasteiger partial charge in [-0.25, -0.2) is 14.8 Å². The first-order chi connectivity index (χ1) is 15.9. The Morgan fingerprint density at radius 1 is 1.18 bits per heavy atom. The molecule has 0 saturated carbocycles. The fourth-order valence-corrected chi connectivity index (χ4v) is 4.58. The molecule has 0 radical (unpaired) electrons. The summed E-state index contributed by atoms with van der Waals surface area (Å²) >= 11 is 0. The maximum Gasteiger partial charge on any atom is 0.334 e. The van der Waals surface area contributed by atoms with E-state index in [9.17, 15) is 14.4 Å². The number of likely N-dealkylation sites (N-methyl/N-ethyl adjacent to an activating group) is 1. The van der Waals surface area contributed by atoms with Gasteiger partial charge in [0.05, 0.1) is 25.9 Å². The van der Waals surface area contributed by atoms with E-state index in [1.54, 1.807) is 39.2 Å². The lowest BCUT2D eigenvalue weighted by Gasteiger charge is -2.55. The molecule has 3 atom stereocenters. The molecule has 2 aromatic rings. The number of benzene rings is 1. The van der Waals surface area contributed by atoms with Crippen molar-refractivity contribution in [2.45, 2.75) is 45.6 Å². The van der Waals surface area contributed by atoms with Crippen molar-refractivity contribution >= 4 is 17.8 Å². The number of hydrogen-bond acceptors (Lipinski definition) is 5. The molecule has 3 heterocycles. The Hall–Kier alpha value is -3.33. The maximum atomic E-state index is 13.5. The van der Waals surface area contributed by atoms with E-state index in [0.717, 1.165) is 12.0 Å². The fourth-order valence-electron chi connectivity index (χ4n) is 4.58. The van der Waals surface area contributed by atoms with E-state index in [1.165, 1.54) is 0 Å². The van der Waals surface area contributed by atoms with Crippen LogP contribution in [0.25, 0.3) is 0 Å². The number of nitrogens with one attached hydrogen (secondary N) is 1. The number of urea groups is 1. The number of hydrogen-bond donors (Lipinski definition) is 1. The van der Waals surface area contributed by atoms with Crippen molar-refractivity contribution in [3.63, 3.8) is 0 Å². The highest BCUT2D eigenvalue weighted by Gasteiger charge is 2.51. The molecule has 9 nitrogen and oxygen atoms in total. The Morgan fingerprint density at radius 2 is 1.94 bits per heavy atom. The van der Waals surface area contributed by atoms with E-state index < -0.39 is 12.2 Å². The van der Waals surface area contributed by atoms with Gasteiger partial charge >= 0.3 is 6.03 Å². The van der Waals surface area contributed by atoms with Gasteiger partial charge in [-0.05, 0) is 23.6 Å². The van der Waals surface area contributed by atoms with Gasteiger partial charge in [-0.15, -0.1) is 0 Å². The topological polar surface area (TPSA) is 89.3 Å². The molecule has 2 fully saturated rings. The standard InChI is InChI=1S/C24H31N5O4/c1-4-17(2)22-23(31)27(14-19-11-8-12-33-19)15-20-28(22)21(30)16-26(3)29(20)24(32)25-13-18-9-6-5-7-10-18/h5-12,17,20,22H,4,13-16H2,1-3H3,(H,25,32)/t17?,20-,22-/m0/s1. The van der Waals surface area contributed by atoms with Crippen LogP contribution >= 0.6 is 0 Å². The number of rotatable bonds is 6. The van der Waals surface area contributed by atoms with Crippen molar-refractivity contribution in [1.29, 1.82) is 0 Å². The summed E-state index contributed by atoms with van der Waals surface area (Å²) in [6.07, 6.45) is 1.71. The zero-order chi connectivity index (χ0) is 23.5. The van der Waals surface area contributed by atoms with E-state index in [0.29, 0.717) is 18.8 Å². The van der Waals surface area contributed by atoms with Crippen LogP contribution in [0, 0.1) is 5.92 Å². The summed E-state index contributed by atoms with van der Waals surface area (Å²) in [6.45, 7) is 4.88. The highest BCUT2D eigenvalue weighted by molar-refractivity contribution is 5.91. The molecule has 0 spiro atoms. The molecule has 1 aromatic carbocycles. The Bertz CT molecular complexity index is 980. The molecule has 4 amide bonds. The van der Waals surface area contributed by atoms with Gasteiger partial charge in [0, 0.05) is 13.6 Å². The van der Waals surface area contributed by atoms with Crippen molar-refractivity contribution in [3.05, 3.63) is 60.1 Å². The molecule has 2 aliphatic heterocycles. The lowest BCUT2D eigenvalue weighted by molar-refractivity contribution is -0.191. The maximum absolute atomic E-state index is 13.5. The van der Waals surface area contributed by atoms with E-state index >= 15 is 0 Å². The number of fused-ring (bicyclic) bond motifs is 1. The number of piperazine rings is 1. The molecular formula is C24H31N5O4. The first kappa shape index (κ1) is 22.8. The fraction of sp³-hybridized carbons (Fsp3) is 0.458. The number of furan rings is 1. The minimum atomic E-state index is -0.630. The van der Waals surface area contributed by atoms with Crippen LogP contribution in [-0.4, -0.2) is 70.0 Å². The normalized spacial score (nSPS) is 22.3. The van der Waals surface area contributed by atoms with Crippen molar-refractivity contribution in [2.75, 3.05) is 20.1 Å². The van der Waals surface area contributed by atoms with E-state index in [-0.39, 0.29) is 36.9 Å². The van der Waals surface area contributed by atoms with Crippen LogP contribution in [0.4, 0.5) is 4.79 Å². The van der Waals surface area contributed by atoms with E-state index in [1.807, 2.05) is 50.2 Å². The van der Waals surface area contributed by atoms with Crippen LogP contribution in [0.5, 0.6) is 0 Å². The first-order valence-corrected chi connectivity index (χ1v) is 11.3. The van der Waals surface area contributed by atoms with E-state index in [4.69, 9.17) is 4.42 Å². The van der Waals surface area contributed by atoms with Crippen LogP contribution < -0.4 is 5.32 Å². The number of carbonyl (C=O) groups excluding carboxylic acids is 3. The zero-order valence-corrected chi connectivity index (χ0v) is 19.3. The van der Waals surface area contributed by atoms with Crippen LogP contribution in [0.15, 0.2) is 53.1 Å². The van der Waals surface area contributed by atoms with Crippen molar-refractivity contribution in [1.82, 2.24) is 25.1 Å². The Morgan fingerprint density at radius 3 is 2.61 bits per heavy atom. The summed E-state index contributed by atoms with van der Waals surface area (Å²) in [6, 6.07) is 12.3. The highest BCUT2D eigenvalue weighted by Crippen LogP contribution is 2.31. The minimum Gasteiger partial charge on any atom is -0.467 e. The van der Waals surface area contributed by atoms with Gasteiger partial charge in [0.2, 0.25) is 11.8 Å². The van der Waals surface area contributed by atoms with Gasteiger partial charge in [0.15, 0.2) is 0 Å². The molecule has 2 aliphatic rings. The third kappa shape index (κ3) is 4.59. The number of nitrogens with zero attached hydrogens (tertiary/aromatic N) is 4. The number of amides is 4. The molecule has 0 aliphatic carbocycles. The summed E-state index contributed by atoms with van der Waals surface area (Å²) in [5.41, 5.74) is 0.981. The lowest BCUT2D eigenvalue weighted by Crippen LogP contribution is -2.76. The quantitative estimate of drug-likeness (QED) is 0.725. The highest BCUT2D eigenvalue weighted by atomic mass is 16.3. The van der Waals surface area contributed by atoms with Gasteiger partial charge in [-0.3, -0.25) is 9.59 Å². The Labute approximate surface area is 193 Å². The Kier molecular flexibility index (Phi) is 6.69. The predicted molar refractivity (Wildman–Crippen MR) is 121 cm³/mol. The molecule has 2 saturated heterocycles. The largest absolute Gasteiger partial charge is 0.467 e. The Balaban J connectivity index is 1.61. The van der Waals surface area contributed by atoms with Crippen LogP contribution in [0.3, 0.4) is 0 Å².